The fraction of sp³-hybridized carbons (Fsp3) is 0. The molecule has 21 aromatic rings. The first-order chi connectivity index (χ1) is 55.0. The lowest BCUT2D eigenvalue weighted by Crippen LogP contribution is -2.04. The Balaban J connectivity index is 0.867. The van der Waals surface area contributed by atoms with E-state index in [1.165, 1.54) is 21.5 Å². The first-order valence-corrected chi connectivity index (χ1v) is 37.1. The molecule has 0 N–H and O–H groups in total. The molecule has 12 nitrogen and oxygen atoms in total. The van der Waals surface area contributed by atoms with Crippen LogP contribution in [0.1, 0.15) is 0 Å². The average molecular weight is 1420 g/mol. The van der Waals surface area contributed by atoms with Crippen molar-refractivity contribution in [2.45, 2.75) is 0 Å². The fourth-order valence-electron chi connectivity index (χ4n) is 15.8. The minimum absolute atomic E-state index is 0.515. The summed E-state index contributed by atoms with van der Waals surface area (Å²) < 4.78 is 7.19. The van der Waals surface area contributed by atoms with E-state index >= 15 is 0 Å². The summed E-state index contributed by atoms with van der Waals surface area (Å²) in [5.41, 5.74) is 20.7. The minimum atomic E-state index is 0.515. The van der Waals surface area contributed by atoms with Gasteiger partial charge in [0.1, 0.15) is 0 Å². The molecule has 0 radical (unpaired) electrons. The van der Waals surface area contributed by atoms with E-state index in [1.807, 2.05) is 158 Å². The van der Waals surface area contributed by atoms with Crippen LogP contribution in [0.5, 0.6) is 0 Å². The third-order valence-electron chi connectivity index (χ3n) is 21.0. The maximum Gasteiger partial charge on any atom is 0.164 e. The topological polar surface area (TPSA) is 131 Å². The Morgan fingerprint density at radius 1 is 0.144 bits per heavy atom. The van der Waals surface area contributed by atoms with Crippen molar-refractivity contribution < 1.29 is 0 Å². The third-order valence-corrected chi connectivity index (χ3v) is 21.0. The largest absolute Gasteiger partial charge is 0.309 e. The van der Waals surface area contributed by atoms with E-state index in [-0.39, 0.29) is 0 Å². The lowest BCUT2D eigenvalue weighted by Gasteiger charge is -2.22. The molecule has 0 bridgehead atoms. The molecule has 21 rings (SSSR count). The average Bonchev–Trinajstić information content (AvgIpc) is 1.68. The Labute approximate surface area is 638 Å². The molecule has 0 amide bonds. The number of nitrogens with zero attached hydrogens (tertiary/aromatic N) is 12. The summed E-state index contributed by atoms with van der Waals surface area (Å²) >= 11 is 0. The van der Waals surface area contributed by atoms with Crippen molar-refractivity contribution >= 4 is 65.4 Å². The fourth-order valence-corrected chi connectivity index (χ4v) is 15.8. The SMILES string of the molecule is c1ccc(-c2nc(-c3ccccc3)nc(-c3cc(-c4ccc(-n5c6ccccc6c6ccccc65)cc4)c(-n4c5ccc(-c6nc(-c7ccccc7)nc(-c7ccccc7)n6)cc5c5cc(-c6nc(-c7ccccc7)nc(-c7ccccc7)n6)ccc54)c(-c4ccc(-n5c6ccccc6c6ccccc65)cc4)c3)n2)cc1. The van der Waals surface area contributed by atoms with Crippen LogP contribution >= 0.6 is 0 Å². The molecule has 0 aliphatic rings. The molecule has 12 heteroatoms. The van der Waals surface area contributed by atoms with Crippen LogP contribution in [-0.2, 0) is 0 Å². The molecular weight excluding hydrogens is 1360 g/mol. The number of hydrogen-bond acceptors (Lipinski definition) is 9. The highest BCUT2D eigenvalue weighted by atomic mass is 15.1. The molecule has 111 heavy (non-hydrogen) atoms. The van der Waals surface area contributed by atoms with E-state index in [4.69, 9.17) is 44.9 Å². The molecule has 0 fully saturated rings. The van der Waals surface area contributed by atoms with Crippen LogP contribution in [0.4, 0.5) is 0 Å². The molecule has 6 aromatic heterocycles. The zero-order valence-corrected chi connectivity index (χ0v) is 59.7. The Hall–Kier alpha value is -15.3. The van der Waals surface area contributed by atoms with Gasteiger partial charge in [-0.1, -0.05) is 279 Å². The second-order valence-corrected chi connectivity index (χ2v) is 27.7. The molecule has 0 saturated carbocycles. The van der Waals surface area contributed by atoms with Crippen LogP contribution in [-0.4, -0.2) is 58.6 Å². The van der Waals surface area contributed by atoms with Crippen LogP contribution in [0.25, 0.3) is 207 Å². The summed E-state index contributed by atoms with van der Waals surface area (Å²) in [6.07, 6.45) is 0. The Morgan fingerprint density at radius 3 is 0.631 bits per heavy atom. The number of benzene rings is 15. The number of aromatic nitrogens is 12. The molecule has 0 aliphatic heterocycles. The summed E-state index contributed by atoms with van der Waals surface area (Å²) in [7, 11) is 0. The van der Waals surface area contributed by atoms with E-state index < -0.39 is 0 Å². The van der Waals surface area contributed by atoms with E-state index in [0.717, 1.165) is 133 Å². The molecular formula is C99H62N12. The normalized spacial score (nSPS) is 11.6. The minimum Gasteiger partial charge on any atom is -0.309 e. The van der Waals surface area contributed by atoms with Gasteiger partial charge in [-0.2, -0.15) is 0 Å². The zero-order chi connectivity index (χ0) is 73.3. The van der Waals surface area contributed by atoms with E-state index in [9.17, 15) is 0 Å². The van der Waals surface area contributed by atoms with Crippen LogP contribution in [0.2, 0.25) is 0 Å². The number of fused-ring (bicyclic) bond motifs is 9. The lowest BCUT2D eigenvalue weighted by atomic mass is 9.92. The molecule has 0 saturated heterocycles. The maximum absolute atomic E-state index is 5.48. The van der Waals surface area contributed by atoms with E-state index in [2.05, 4.69) is 232 Å². The highest BCUT2D eigenvalue weighted by Gasteiger charge is 2.27. The van der Waals surface area contributed by atoms with Crippen molar-refractivity contribution in [3.05, 3.63) is 376 Å². The van der Waals surface area contributed by atoms with Gasteiger partial charge in [0.15, 0.2) is 52.4 Å². The standard InChI is InChI=1S/C99H62N12/c1-7-27-65(28-8-1)91-100-92(66-29-9-2-10-30-66)104-97(103-91)71-51-57-88-82(59-71)83-60-72(98-105-93(67-31-11-3-12-32-67)101-94(106-98)68-33-13-4-14-34-68)52-58-89(83)111(88)90-80(63-47-53-74(54-48-63)109-84-43-23-19-39-76(84)77-40-20-24-44-85(77)109)61-73(99-107-95(69-35-15-5-16-36-69)102-96(108-99)70-37-17-6-18-38-70)62-81(90)64-49-55-75(56-50-64)110-86-45-25-21-41-78(86)79-42-22-26-46-87(79)110/h1-62H. The zero-order valence-electron chi connectivity index (χ0n) is 59.7. The van der Waals surface area contributed by atoms with Crippen molar-refractivity contribution in [1.82, 2.24) is 58.6 Å². The Morgan fingerprint density at radius 2 is 0.360 bits per heavy atom. The van der Waals surface area contributed by atoms with Gasteiger partial charge < -0.3 is 13.7 Å². The van der Waals surface area contributed by atoms with Gasteiger partial charge >= 0.3 is 0 Å². The number of rotatable bonds is 14. The molecule has 15 aromatic carbocycles. The molecule has 0 atom stereocenters. The summed E-state index contributed by atoms with van der Waals surface area (Å²) in [6, 6.07) is 131. The number of hydrogen-bond donors (Lipinski definition) is 0. The van der Waals surface area contributed by atoms with Crippen molar-refractivity contribution in [3.8, 4) is 142 Å². The maximum atomic E-state index is 5.48. The van der Waals surface area contributed by atoms with Gasteiger partial charge in [0, 0.05) is 105 Å². The van der Waals surface area contributed by atoms with Crippen molar-refractivity contribution in [2.75, 3.05) is 0 Å². The van der Waals surface area contributed by atoms with Gasteiger partial charge in [0.2, 0.25) is 0 Å². The van der Waals surface area contributed by atoms with Gasteiger partial charge in [-0.3, -0.25) is 0 Å². The highest BCUT2D eigenvalue weighted by Crippen LogP contribution is 2.47. The first-order valence-electron chi connectivity index (χ1n) is 37.1. The molecule has 0 spiro atoms. The quantitative estimate of drug-likeness (QED) is 0.104. The van der Waals surface area contributed by atoms with E-state index in [0.29, 0.717) is 52.4 Å². The second-order valence-electron chi connectivity index (χ2n) is 27.7. The first kappa shape index (κ1) is 64.1. The molecule has 0 unspecified atom stereocenters. The highest BCUT2D eigenvalue weighted by molar-refractivity contribution is 6.14. The van der Waals surface area contributed by atoms with Gasteiger partial charge in [0.25, 0.3) is 0 Å². The van der Waals surface area contributed by atoms with Crippen molar-refractivity contribution in [2.24, 2.45) is 0 Å². The predicted molar refractivity (Wildman–Crippen MR) is 449 cm³/mol. The smallest absolute Gasteiger partial charge is 0.164 e. The lowest BCUT2D eigenvalue weighted by molar-refractivity contribution is 1.07. The van der Waals surface area contributed by atoms with Crippen LogP contribution in [0.3, 0.4) is 0 Å². The van der Waals surface area contributed by atoms with Gasteiger partial charge in [0.05, 0.1) is 38.8 Å². The monoisotopic (exact) mass is 1420 g/mol. The van der Waals surface area contributed by atoms with Crippen LogP contribution in [0.15, 0.2) is 376 Å². The summed E-state index contributed by atoms with van der Waals surface area (Å²) in [5.74, 6) is 4.94. The summed E-state index contributed by atoms with van der Waals surface area (Å²) in [5, 5.41) is 6.63. The summed E-state index contributed by atoms with van der Waals surface area (Å²) in [6.45, 7) is 0. The van der Waals surface area contributed by atoms with E-state index in [1.54, 1.807) is 0 Å². The Kier molecular flexibility index (Phi) is 15.6. The predicted octanol–water partition coefficient (Wildman–Crippen LogP) is 23.9. The van der Waals surface area contributed by atoms with Crippen LogP contribution < -0.4 is 0 Å². The number of para-hydroxylation sites is 4. The second kappa shape index (κ2) is 26.9. The molecule has 0 aliphatic carbocycles. The van der Waals surface area contributed by atoms with Crippen molar-refractivity contribution in [3.63, 3.8) is 0 Å². The van der Waals surface area contributed by atoms with Gasteiger partial charge in [-0.05, 0) is 108 Å². The van der Waals surface area contributed by atoms with Gasteiger partial charge in [-0.25, -0.2) is 44.9 Å². The van der Waals surface area contributed by atoms with Crippen molar-refractivity contribution in [1.29, 1.82) is 0 Å². The third kappa shape index (κ3) is 11.4. The Bertz CT molecular complexity index is 6510. The molecule has 518 valence electrons. The molecule has 6 heterocycles. The van der Waals surface area contributed by atoms with Crippen LogP contribution in [0, 0.1) is 0 Å². The summed E-state index contributed by atoms with van der Waals surface area (Å²) in [4.78, 5) is 47.8. The van der Waals surface area contributed by atoms with Gasteiger partial charge in [-0.15, -0.1) is 0 Å².